The quantitative estimate of drug-likeness (QED) is 0.0369. The second kappa shape index (κ2) is 32.5. The number of carbonyl (C=O) groups is 8. The summed E-state index contributed by atoms with van der Waals surface area (Å²) in [6, 6.07) is 1.83. The summed E-state index contributed by atoms with van der Waals surface area (Å²) in [6.07, 6.45) is 8.82. The summed E-state index contributed by atoms with van der Waals surface area (Å²) in [6.45, 7) is 2.39. The second-order valence-corrected chi connectivity index (χ2v) is 17.2. The van der Waals surface area contributed by atoms with E-state index >= 15 is 0 Å². The van der Waals surface area contributed by atoms with Gasteiger partial charge in [0.15, 0.2) is 0 Å². The van der Waals surface area contributed by atoms with E-state index in [4.69, 9.17) is 28.0 Å². The molecule has 1 fully saturated rings. The molecule has 66 heavy (non-hydrogen) atoms. The number of nitrogens with one attached hydrogen (secondary N) is 7. The number of rotatable bonds is 34. The molecule has 6 amide bonds. The fourth-order valence-electron chi connectivity index (χ4n) is 7.70. The Labute approximate surface area is 388 Å². The van der Waals surface area contributed by atoms with Crippen LogP contribution in [0.2, 0.25) is 0 Å². The minimum atomic E-state index is -1.41. The first kappa shape index (κ1) is 56.9. The van der Waals surface area contributed by atoms with Gasteiger partial charge in [-0.2, -0.15) is 0 Å². The second-order valence-electron chi connectivity index (χ2n) is 17.2. The van der Waals surface area contributed by atoms with Crippen LogP contribution in [0.25, 0.3) is 0 Å². The molecule has 0 aromatic heterocycles. The van der Waals surface area contributed by atoms with Crippen LogP contribution in [0.4, 0.5) is 0 Å². The van der Waals surface area contributed by atoms with Crippen molar-refractivity contribution in [2.75, 3.05) is 32.7 Å². The number of hydrogen-bond acceptors (Lipinski definition) is 13. The molecule has 1 aromatic rings. The largest absolute Gasteiger partial charge is 0.481 e. The van der Waals surface area contributed by atoms with Crippen molar-refractivity contribution in [2.24, 2.45) is 28.9 Å². The molecular weight excluding hydrogens is 855 g/mol. The van der Waals surface area contributed by atoms with Gasteiger partial charge in [-0.15, -0.1) is 0 Å². The van der Waals surface area contributed by atoms with E-state index in [1.165, 1.54) is 0 Å². The van der Waals surface area contributed by atoms with Crippen LogP contribution in [0.3, 0.4) is 0 Å². The van der Waals surface area contributed by atoms with E-state index in [0.717, 1.165) is 37.7 Å². The van der Waals surface area contributed by atoms with Crippen LogP contribution < -0.4 is 60.2 Å². The number of hydrogen-bond donors (Lipinski definition) is 13. The Morgan fingerprint density at radius 1 is 0.636 bits per heavy atom. The zero-order chi connectivity index (χ0) is 48.9. The summed E-state index contributed by atoms with van der Waals surface area (Å²) >= 11 is 0. The molecule has 2 rings (SSSR count). The zero-order valence-electron chi connectivity index (χ0n) is 38.5. The van der Waals surface area contributed by atoms with Crippen LogP contribution >= 0.6 is 0 Å². The lowest BCUT2D eigenvalue weighted by Crippen LogP contribution is -2.58. The van der Waals surface area contributed by atoms with Crippen molar-refractivity contribution >= 4 is 47.4 Å². The molecule has 0 heterocycles. The van der Waals surface area contributed by atoms with Gasteiger partial charge in [0.1, 0.15) is 24.2 Å². The van der Waals surface area contributed by atoms with Gasteiger partial charge in [-0.05, 0) is 95.8 Å². The molecule has 7 atom stereocenters. The summed E-state index contributed by atoms with van der Waals surface area (Å²) in [5, 5.41) is 38.1. The normalized spacial score (nSPS) is 16.0. The lowest BCUT2D eigenvalue weighted by atomic mass is 9.84. The van der Waals surface area contributed by atoms with E-state index in [1.807, 2.05) is 6.07 Å². The third kappa shape index (κ3) is 23.3. The molecule has 21 nitrogen and oxygen atoms in total. The number of carboxylic acid groups (broad SMARTS) is 2. The molecule has 1 aromatic carbocycles. The van der Waals surface area contributed by atoms with Crippen molar-refractivity contribution in [3.63, 3.8) is 0 Å². The maximum Gasteiger partial charge on any atom is 0.326 e. The highest BCUT2D eigenvalue weighted by Crippen LogP contribution is 2.27. The maximum absolute atomic E-state index is 14.2. The summed E-state index contributed by atoms with van der Waals surface area (Å²) in [7, 11) is 0. The SMILES string of the molecule is C[C@H](NC[C@H](CCCCN)NC(=O)[C@H](Cc1ccccc1)NC(=O)[C@H](CCCCN)NC(=O)[C@@H](N)CC(=O)O)C(=O)N[C@@H](CC1CCCCC1)C(=O)NCC(=O)N[C@@H](CCCCN)C(=O)O. The number of benzene rings is 1. The van der Waals surface area contributed by atoms with Gasteiger partial charge in [0.25, 0.3) is 0 Å². The molecule has 0 bridgehead atoms. The lowest BCUT2D eigenvalue weighted by molar-refractivity contribution is -0.142. The van der Waals surface area contributed by atoms with Crippen molar-refractivity contribution in [3.05, 3.63) is 35.9 Å². The van der Waals surface area contributed by atoms with Crippen LogP contribution in [-0.4, -0.2) is 133 Å². The topological polar surface area (TPSA) is 365 Å². The van der Waals surface area contributed by atoms with Crippen molar-refractivity contribution in [2.45, 2.75) is 158 Å². The molecular formula is C45H77N11O10. The monoisotopic (exact) mass is 932 g/mol. The van der Waals surface area contributed by atoms with Crippen LogP contribution in [0.5, 0.6) is 0 Å². The molecule has 21 heteroatoms. The summed E-state index contributed by atoms with van der Waals surface area (Å²) in [4.78, 5) is 104. The van der Waals surface area contributed by atoms with Crippen LogP contribution in [0.15, 0.2) is 30.3 Å². The van der Waals surface area contributed by atoms with E-state index in [2.05, 4.69) is 37.2 Å². The summed E-state index contributed by atoms with van der Waals surface area (Å²) < 4.78 is 0. The first-order chi connectivity index (χ1) is 31.6. The van der Waals surface area contributed by atoms with Gasteiger partial charge >= 0.3 is 11.9 Å². The number of aliphatic carboxylic acids is 2. The minimum absolute atomic E-state index is 0.0865. The number of carboxylic acids is 2. The average molecular weight is 932 g/mol. The molecule has 1 saturated carbocycles. The molecule has 1 aliphatic rings. The van der Waals surface area contributed by atoms with Gasteiger partial charge in [-0.3, -0.25) is 33.6 Å². The number of nitrogens with two attached hydrogens (primary N) is 4. The van der Waals surface area contributed by atoms with E-state index in [9.17, 15) is 43.5 Å². The fourth-order valence-corrected chi connectivity index (χ4v) is 7.70. The van der Waals surface area contributed by atoms with Gasteiger partial charge in [-0.25, -0.2) is 4.79 Å². The van der Waals surface area contributed by atoms with Crippen molar-refractivity contribution in [1.82, 2.24) is 37.2 Å². The smallest absolute Gasteiger partial charge is 0.326 e. The van der Waals surface area contributed by atoms with Gasteiger partial charge in [0.05, 0.1) is 25.0 Å². The Bertz CT molecular complexity index is 1670. The van der Waals surface area contributed by atoms with Crippen molar-refractivity contribution in [1.29, 1.82) is 0 Å². The Balaban J connectivity index is 2.22. The third-order valence-corrected chi connectivity index (χ3v) is 11.6. The predicted octanol–water partition coefficient (Wildman–Crippen LogP) is -1.01. The van der Waals surface area contributed by atoms with E-state index in [1.54, 1.807) is 31.2 Å². The van der Waals surface area contributed by atoms with Gasteiger partial charge in [-0.1, -0.05) is 68.9 Å². The number of unbranched alkanes of at least 4 members (excludes halogenated alkanes) is 3. The Kier molecular flexibility index (Phi) is 28.0. The highest BCUT2D eigenvalue weighted by Gasteiger charge is 2.32. The molecule has 0 aliphatic heterocycles. The summed E-state index contributed by atoms with van der Waals surface area (Å²) in [5.74, 6) is -6.08. The summed E-state index contributed by atoms with van der Waals surface area (Å²) in [5.41, 5.74) is 23.5. The van der Waals surface area contributed by atoms with E-state index in [0.29, 0.717) is 71.0 Å². The standard InChI is InChI=1S/C45H77N11O10/c1-29(40(60)55-36(24-30-14-4-2-5-15-30)42(62)51-28-38(57)53-35(45(65)66)20-10-13-23-48)50-27-32(18-8-11-21-46)52-44(64)37(25-31-16-6-3-7-17-31)56-43(63)34(19-9-12-22-47)54-41(61)33(49)26-39(58)59/h3,6-7,16-17,29-30,32-37,50H,2,4-5,8-15,18-28,46-49H2,1H3,(H,51,62)(H,52,64)(H,53,57)(H,54,61)(H,55,60)(H,56,63)(H,58,59)(H,65,66)/t29-,32-,33-,34-,35-,36-,37-/m0/s1. The highest BCUT2D eigenvalue weighted by atomic mass is 16.4. The predicted molar refractivity (Wildman–Crippen MR) is 248 cm³/mol. The first-order valence-corrected chi connectivity index (χ1v) is 23.4. The Hall–Kier alpha value is -5.22. The van der Waals surface area contributed by atoms with Crippen LogP contribution in [0, 0.1) is 5.92 Å². The van der Waals surface area contributed by atoms with E-state index < -0.39 is 103 Å². The average Bonchev–Trinajstić information content (AvgIpc) is 3.29. The van der Waals surface area contributed by atoms with Gasteiger partial charge in [0.2, 0.25) is 35.4 Å². The molecule has 17 N–H and O–H groups in total. The van der Waals surface area contributed by atoms with Crippen LogP contribution in [0.1, 0.15) is 115 Å². The van der Waals surface area contributed by atoms with Crippen molar-refractivity contribution < 1.29 is 48.6 Å². The molecule has 0 spiro atoms. The number of amides is 6. The molecule has 372 valence electrons. The molecule has 1 aliphatic carbocycles. The molecule has 0 saturated heterocycles. The number of carbonyl (C=O) groups excluding carboxylic acids is 6. The third-order valence-electron chi connectivity index (χ3n) is 11.6. The Morgan fingerprint density at radius 3 is 1.79 bits per heavy atom. The highest BCUT2D eigenvalue weighted by molar-refractivity contribution is 5.94. The lowest BCUT2D eigenvalue weighted by Gasteiger charge is -2.28. The van der Waals surface area contributed by atoms with Crippen LogP contribution in [-0.2, 0) is 44.8 Å². The minimum Gasteiger partial charge on any atom is -0.481 e. The maximum atomic E-state index is 14.2. The zero-order valence-corrected chi connectivity index (χ0v) is 38.5. The van der Waals surface area contributed by atoms with E-state index in [-0.39, 0.29) is 31.7 Å². The van der Waals surface area contributed by atoms with Crippen molar-refractivity contribution in [3.8, 4) is 0 Å². The van der Waals surface area contributed by atoms with Gasteiger partial charge in [0, 0.05) is 19.0 Å². The fraction of sp³-hybridized carbons (Fsp3) is 0.689. The molecule has 0 unspecified atom stereocenters. The Morgan fingerprint density at radius 2 is 1.20 bits per heavy atom. The first-order valence-electron chi connectivity index (χ1n) is 23.4. The molecule has 0 radical (unpaired) electrons. The van der Waals surface area contributed by atoms with Gasteiger partial charge < -0.3 is 70.4 Å².